The summed E-state index contributed by atoms with van der Waals surface area (Å²) in [5.41, 5.74) is -1.29. The molecule has 0 amide bonds. The molecule has 1 aliphatic carbocycles. The Labute approximate surface area is 113 Å². The van der Waals surface area contributed by atoms with Gasteiger partial charge in [0.1, 0.15) is 5.41 Å². The second-order valence-corrected chi connectivity index (χ2v) is 4.76. The highest BCUT2D eigenvalue weighted by Gasteiger charge is 2.51. The van der Waals surface area contributed by atoms with Gasteiger partial charge in [-0.25, -0.2) is 0 Å². The largest absolute Gasteiger partial charge is 0.465 e. The molecule has 19 heavy (non-hydrogen) atoms. The summed E-state index contributed by atoms with van der Waals surface area (Å²) in [6.45, 7) is 1.87. The van der Waals surface area contributed by atoms with Crippen LogP contribution in [0.4, 0.5) is 0 Å². The number of hydrogen-bond acceptors (Lipinski definition) is 5. The standard InChI is InChI=1S/C14H18N2O3/c1-2-19-13(18)14(7-3-9-15,8-4-10-16)12(17)11-5-6-11/h11H,2-8H2,1H3. The van der Waals surface area contributed by atoms with E-state index in [1.165, 1.54) is 0 Å². The van der Waals surface area contributed by atoms with Gasteiger partial charge in [-0.3, -0.25) is 9.59 Å². The third-order valence-corrected chi connectivity index (χ3v) is 3.41. The average molecular weight is 262 g/mol. The summed E-state index contributed by atoms with van der Waals surface area (Å²) in [5, 5.41) is 17.4. The van der Waals surface area contributed by atoms with Gasteiger partial charge in [0.15, 0.2) is 5.78 Å². The highest BCUT2D eigenvalue weighted by molar-refractivity contribution is 6.05. The number of ether oxygens (including phenoxy) is 1. The van der Waals surface area contributed by atoms with Gasteiger partial charge < -0.3 is 4.74 Å². The molecule has 0 aromatic rings. The molecule has 0 aliphatic heterocycles. The van der Waals surface area contributed by atoms with Crippen molar-refractivity contribution in [1.29, 1.82) is 10.5 Å². The second-order valence-electron chi connectivity index (χ2n) is 4.76. The van der Waals surface area contributed by atoms with Crippen LogP contribution in [0.2, 0.25) is 0 Å². The number of carbonyl (C=O) groups is 2. The summed E-state index contributed by atoms with van der Waals surface area (Å²) in [7, 11) is 0. The Balaban J connectivity index is 2.99. The molecule has 0 saturated heterocycles. The fraction of sp³-hybridized carbons (Fsp3) is 0.714. The number of ketones is 1. The lowest BCUT2D eigenvalue weighted by Crippen LogP contribution is -2.42. The van der Waals surface area contributed by atoms with Gasteiger partial charge in [0.05, 0.1) is 18.7 Å². The number of hydrogen-bond donors (Lipinski definition) is 0. The topological polar surface area (TPSA) is 90.9 Å². The van der Waals surface area contributed by atoms with E-state index < -0.39 is 11.4 Å². The second kappa shape index (κ2) is 6.89. The first-order valence-electron chi connectivity index (χ1n) is 6.57. The average Bonchev–Trinajstić information content (AvgIpc) is 3.23. The monoisotopic (exact) mass is 262 g/mol. The van der Waals surface area contributed by atoms with Crippen molar-refractivity contribution in [2.75, 3.05) is 6.61 Å². The maximum Gasteiger partial charge on any atom is 0.319 e. The van der Waals surface area contributed by atoms with Gasteiger partial charge in [0.2, 0.25) is 0 Å². The maximum absolute atomic E-state index is 12.4. The molecule has 1 saturated carbocycles. The first-order valence-corrected chi connectivity index (χ1v) is 6.57. The van der Waals surface area contributed by atoms with Gasteiger partial charge in [-0.1, -0.05) is 0 Å². The van der Waals surface area contributed by atoms with Crippen LogP contribution in [0.25, 0.3) is 0 Å². The number of Topliss-reactive ketones (excluding diaryl/α,β-unsaturated/α-hetero) is 1. The van der Waals surface area contributed by atoms with Crippen LogP contribution in [0.15, 0.2) is 0 Å². The summed E-state index contributed by atoms with van der Waals surface area (Å²) < 4.78 is 5.02. The molecule has 1 aliphatic rings. The molecule has 0 spiro atoms. The first kappa shape index (κ1) is 15.2. The molecule has 0 bridgehead atoms. The van der Waals surface area contributed by atoms with Crippen LogP contribution < -0.4 is 0 Å². The van der Waals surface area contributed by atoms with Crippen molar-refractivity contribution in [1.82, 2.24) is 0 Å². The van der Waals surface area contributed by atoms with E-state index in [2.05, 4.69) is 0 Å². The van der Waals surface area contributed by atoms with Gasteiger partial charge in [-0.05, 0) is 32.6 Å². The van der Waals surface area contributed by atoms with Gasteiger partial charge in [0, 0.05) is 18.8 Å². The van der Waals surface area contributed by atoms with Crippen molar-refractivity contribution >= 4 is 11.8 Å². The molecule has 0 N–H and O–H groups in total. The van der Waals surface area contributed by atoms with Gasteiger partial charge in [-0.15, -0.1) is 0 Å². The first-order chi connectivity index (χ1) is 9.12. The normalized spacial score (nSPS) is 14.3. The minimum Gasteiger partial charge on any atom is -0.465 e. The summed E-state index contributed by atoms with van der Waals surface area (Å²) in [4.78, 5) is 24.6. The predicted molar refractivity (Wildman–Crippen MR) is 66.5 cm³/mol. The van der Waals surface area contributed by atoms with E-state index >= 15 is 0 Å². The molecular weight excluding hydrogens is 244 g/mol. The van der Waals surface area contributed by atoms with Gasteiger partial charge >= 0.3 is 5.97 Å². The Morgan fingerprint density at radius 1 is 1.21 bits per heavy atom. The summed E-state index contributed by atoms with van der Waals surface area (Å²) in [6, 6.07) is 3.94. The molecule has 5 heteroatoms. The lowest BCUT2D eigenvalue weighted by Gasteiger charge is -2.28. The Hall–Kier alpha value is -1.88. The molecule has 1 fully saturated rings. The summed E-state index contributed by atoms with van der Waals surface area (Å²) in [5.74, 6) is -0.810. The van der Waals surface area contributed by atoms with Crippen molar-refractivity contribution in [2.45, 2.75) is 45.4 Å². The third kappa shape index (κ3) is 3.54. The molecule has 0 unspecified atom stereocenters. The number of nitriles is 2. The molecule has 5 nitrogen and oxygen atoms in total. The summed E-state index contributed by atoms with van der Waals surface area (Å²) >= 11 is 0. The van der Waals surface area contributed by atoms with Gasteiger partial charge in [0.25, 0.3) is 0 Å². The maximum atomic E-state index is 12.4. The van der Waals surface area contributed by atoms with Crippen LogP contribution in [-0.2, 0) is 14.3 Å². The van der Waals surface area contributed by atoms with Crippen LogP contribution in [0.5, 0.6) is 0 Å². The number of carbonyl (C=O) groups excluding carboxylic acids is 2. The van der Waals surface area contributed by atoms with E-state index in [1.54, 1.807) is 6.92 Å². The summed E-state index contributed by atoms with van der Waals surface area (Å²) in [6.07, 6.45) is 2.11. The van der Waals surface area contributed by atoms with Crippen LogP contribution >= 0.6 is 0 Å². The van der Waals surface area contributed by atoms with E-state index in [0.29, 0.717) is 0 Å². The minimum atomic E-state index is -1.29. The van der Waals surface area contributed by atoms with Crippen molar-refractivity contribution < 1.29 is 14.3 Å². The van der Waals surface area contributed by atoms with Crippen LogP contribution in [0.1, 0.15) is 45.4 Å². The van der Waals surface area contributed by atoms with E-state index in [4.69, 9.17) is 15.3 Å². The Kier molecular flexibility index (Phi) is 5.51. The van der Waals surface area contributed by atoms with E-state index in [1.807, 2.05) is 12.1 Å². The van der Waals surface area contributed by atoms with Crippen molar-refractivity contribution in [3.8, 4) is 12.1 Å². The van der Waals surface area contributed by atoms with E-state index in [0.717, 1.165) is 12.8 Å². The van der Waals surface area contributed by atoms with Crippen LogP contribution in [-0.4, -0.2) is 18.4 Å². The SMILES string of the molecule is CCOC(=O)C(CCC#N)(CCC#N)C(=O)C1CC1. The highest BCUT2D eigenvalue weighted by atomic mass is 16.5. The van der Waals surface area contributed by atoms with Crippen LogP contribution in [0, 0.1) is 34.0 Å². The molecule has 0 atom stereocenters. The molecule has 1 rings (SSSR count). The Bertz CT molecular complexity index is 409. The quantitative estimate of drug-likeness (QED) is 0.493. The molecular formula is C14H18N2O3. The smallest absolute Gasteiger partial charge is 0.319 e. The number of esters is 1. The molecule has 0 aromatic carbocycles. The number of nitrogens with zero attached hydrogens (tertiary/aromatic N) is 2. The lowest BCUT2D eigenvalue weighted by atomic mass is 9.74. The van der Waals surface area contributed by atoms with E-state index in [9.17, 15) is 9.59 Å². The fourth-order valence-corrected chi connectivity index (χ4v) is 2.22. The third-order valence-electron chi connectivity index (χ3n) is 3.41. The van der Waals surface area contributed by atoms with Crippen LogP contribution in [0.3, 0.4) is 0 Å². The zero-order valence-electron chi connectivity index (χ0n) is 11.1. The Morgan fingerprint density at radius 3 is 2.11 bits per heavy atom. The van der Waals surface area contributed by atoms with Gasteiger partial charge in [-0.2, -0.15) is 10.5 Å². The zero-order valence-corrected chi connectivity index (χ0v) is 11.1. The molecule has 102 valence electrons. The zero-order chi connectivity index (χ0) is 14.3. The van der Waals surface area contributed by atoms with E-state index in [-0.39, 0.29) is 44.0 Å². The minimum absolute atomic E-state index is 0.0956. The molecule has 0 aromatic heterocycles. The lowest BCUT2D eigenvalue weighted by molar-refractivity contribution is -0.161. The van der Waals surface area contributed by atoms with Crippen molar-refractivity contribution in [3.05, 3.63) is 0 Å². The highest BCUT2D eigenvalue weighted by Crippen LogP contribution is 2.42. The molecule has 0 heterocycles. The molecule has 0 radical (unpaired) electrons. The predicted octanol–water partition coefficient (Wildman–Crippen LogP) is 2.12. The Morgan fingerprint density at radius 2 is 1.74 bits per heavy atom. The van der Waals surface area contributed by atoms with Crippen molar-refractivity contribution in [2.24, 2.45) is 11.3 Å². The number of rotatable bonds is 8. The van der Waals surface area contributed by atoms with Crippen molar-refractivity contribution in [3.63, 3.8) is 0 Å². The fourth-order valence-electron chi connectivity index (χ4n) is 2.22.